The lowest BCUT2D eigenvalue weighted by molar-refractivity contribution is 0.190. The predicted octanol–water partition coefficient (Wildman–Crippen LogP) is 8.95. The van der Waals surface area contributed by atoms with Crippen molar-refractivity contribution >= 4 is 8.56 Å². The molecular formula is C25H52O2Si. The summed E-state index contributed by atoms with van der Waals surface area (Å²) in [6, 6.07) is 0. The molecule has 0 N–H and O–H groups in total. The maximum Gasteiger partial charge on any atom is 0.331 e. The van der Waals surface area contributed by atoms with E-state index in [0.717, 1.165) is 6.61 Å². The average molecular weight is 413 g/mol. The van der Waals surface area contributed by atoms with E-state index in [0.29, 0.717) is 6.61 Å². The van der Waals surface area contributed by atoms with Gasteiger partial charge in [-0.15, -0.1) is 0 Å². The normalized spacial score (nSPS) is 11.8. The maximum atomic E-state index is 6.02. The third-order valence-electron chi connectivity index (χ3n) is 5.37. The number of unbranched alkanes of at least 4 members (excludes halogenated alkanes) is 15. The maximum absolute atomic E-state index is 6.02. The molecule has 3 heteroatoms. The highest BCUT2D eigenvalue weighted by atomic mass is 28.4. The van der Waals surface area contributed by atoms with E-state index in [9.17, 15) is 0 Å². The summed E-state index contributed by atoms with van der Waals surface area (Å²) in [6.07, 6.45) is 24.7. The second kappa shape index (κ2) is 20.2. The van der Waals surface area contributed by atoms with Gasteiger partial charge in [0.2, 0.25) is 0 Å². The van der Waals surface area contributed by atoms with Crippen molar-refractivity contribution in [3.05, 3.63) is 11.6 Å². The summed E-state index contributed by atoms with van der Waals surface area (Å²) in [6.45, 7) is 12.4. The fourth-order valence-corrected chi connectivity index (χ4v) is 4.62. The van der Waals surface area contributed by atoms with Crippen molar-refractivity contribution in [3.8, 4) is 0 Å². The van der Waals surface area contributed by atoms with Gasteiger partial charge in [-0.05, 0) is 33.4 Å². The van der Waals surface area contributed by atoms with Crippen molar-refractivity contribution in [2.45, 2.75) is 137 Å². The highest BCUT2D eigenvalue weighted by molar-refractivity contribution is 6.64. The van der Waals surface area contributed by atoms with Crippen LogP contribution in [0.15, 0.2) is 11.6 Å². The molecule has 0 bridgehead atoms. The van der Waals surface area contributed by atoms with E-state index in [1.165, 1.54) is 108 Å². The van der Waals surface area contributed by atoms with Crippen LogP contribution < -0.4 is 0 Å². The molecule has 0 spiro atoms. The van der Waals surface area contributed by atoms with Gasteiger partial charge in [-0.3, -0.25) is 0 Å². The molecule has 0 aromatic rings. The van der Waals surface area contributed by atoms with E-state index >= 15 is 0 Å². The van der Waals surface area contributed by atoms with E-state index in [-0.39, 0.29) is 0 Å². The van der Waals surface area contributed by atoms with Crippen LogP contribution in [0.4, 0.5) is 0 Å². The number of hydrogen-bond donors (Lipinski definition) is 0. The predicted molar refractivity (Wildman–Crippen MR) is 128 cm³/mol. The molecule has 2 nitrogen and oxygen atoms in total. The van der Waals surface area contributed by atoms with Crippen molar-refractivity contribution in [1.29, 1.82) is 0 Å². The quantitative estimate of drug-likeness (QED) is 0.106. The van der Waals surface area contributed by atoms with Gasteiger partial charge in [-0.2, -0.15) is 0 Å². The zero-order valence-corrected chi connectivity index (χ0v) is 21.1. The number of allylic oxidation sites excluding steroid dienone is 1. The summed E-state index contributed by atoms with van der Waals surface area (Å²) in [5, 5.41) is 0. The Morgan fingerprint density at radius 3 is 1.39 bits per heavy atom. The van der Waals surface area contributed by atoms with Crippen molar-refractivity contribution < 1.29 is 8.85 Å². The number of rotatable bonds is 21. The summed E-state index contributed by atoms with van der Waals surface area (Å²) in [7, 11) is -1.92. The smallest absolute Gasteiger partial charge is 0.331 e. The summed E-state index contributed by atoms with van der Waals surface area (Å²) in [5.41, 5.74) is 1.31. The zero-order chi connectivity index (χ0) is 20.9. The lowest BCUT2D eigenvalue weighted by atomic mass is 10.0. The highest BCUT2D eigenvalue weighted by Gasteiger charge is 2.23. The lowest BCUT2D eigenvalue weighted by Gasteiger charge is -2.22. The largest absolute Gasteiger partial charge is 0.395 e. The van der Waals surface area contributed by atoms with Gasteiger partial charge in [0.05, 0.1) is 6.61 Å². The van der Waals surface area contributed by atoms with Gasteiger partial charge < -0.3 is 8.85 Å². The topological polar surface area (TPSA) is 18.5 Å². The first-order chi connectivity index (χ1) is 13.5. The standard InChI is InChI=1S/C25H52O2Si/c1-6-7-8-9-10-11-12-13-14-15-16-17-18-19-20-21-23-26-28(4,5)27-24-22-25(2)3/h22H,6-21,23-24H2,1-5H3. The molecule has 0 fully saturated rings. The Labute approximate surface area is 179 Å². The van der Waals surface area contributed by atoms with Crippen LogP contribution in [-0.4, -0.2) is 21.8 Å². The van der Waals surface area contributed by atoms with Gasteiger partial charge in [0.1, 0.15) is 0 Å². The third-order valence-corrected chi connectivity index (χ3v) is 7.13. The first-order valence-corrected chi connectivity index (χ1v) is 15.2. The van der Waals surface area contributed by atoms with Crippen molar-refractivity contribution in [1.82, 2.24) is 0 Å². The molecule has 0 aliphatic rings. The summed E-state index contributed by atoms with van der Waals surface area (Å²) in [5.74, 6) is 0. The lowest BCUT2D eigenvalue weighted by Crippen LogP contribution is -2.35. The minimum atomic E-state index is -1.92. The summed E-state index contributed by atoms with van der Waals surface area (Å²) >= 11 is 0. The molecule has 0 saturated carbocycles. The Hall–Kier alpha value is -0.123. The van der Waals surface area contributed by atoms with E-state index in [2.05, 4.69) is 39.9 Å². The van der Waals surface area contributed by atoms with Crippen LogP contribution in [0.5, 0.6) is 0 Å². The Kier molecular flexibility index (Phi) is 20.1. The molecule has 0 amide bonds. The summed E-state index contributed by atoms with van der Waals surface area (Å²) < 4.78 is 11.9. The molecule has 0 saturated heterocycles. The van der Waals surface area contributed by atoms with Crippen LogP contribution in [-0.2, 0) is 8.85 Å². The highest BCUT2D eigenvalue weighted by Crippen LogP contribution is 2.14. The Morgan fingerprint density at radius 1 is 0.607 bits per heavy atom. The van der Waals surface area contributed by atoms with Crippen molar-refractivity contribution in [2.24, 2.45) is 0 Å². The van der Waals surface area contributed by atoms with E-state index < -0.39 is 8.56 Å². The second-order valence-electron chi connectivity index (χ2n) is 9.14. The van der Waals surface area contributed by atoms with E-state index in [1.807, 2.05) is 0 Å². The average Bonchev–Trinajstić information content (AvgIpc) is 2.63. The van der Waals surface area contributed by atoms with Crippen LogP contribution >= 0.6 is 0 Å². The molecule has 0 aromatic heterocycles. The minimum absolute atomic E-state index is 0.695. The Bertz CT molecular complexity index is 348. The van der Waals surface area contributed by atoms with Crippen LogP contribution in [0.3, 0.4) is 0 Å². The van der Waals surface area contributed by atoms with Crippen LogP contribution in [0.25, 0.3) is 0 Å². The van der Waals surface area contributed by atoms with Gasteiger partial charge in [0, 0.05) is 6.61 Å². The second-order valence-corrected chi connectivity index (χ2v) is 12.5. The number of hydrogen-bond acceptors (Lipinski definition) is 2. The van der Waals surface area contributed by atoms with Crippen molar-refractivity contribution in [3.63, 3.8) is 0 Å². The van der Waals surface area contributed by atoms with Gasteiger partial charge in [-0.1, -0.05) is 115 Å². The molecule has 168 valence electrons. The van der Waals surface area contributed by atoms with Crippen molar-refractivity contribution in [2.75, 3.05) is 13.2 Å². The molecule has 0 aliphatic carbocycles. The molecule has 0 unspecified atom stereocenters. The summed E-state index contributed by atoms with van der Waals surface area (Å²) in [4.78, 5) is 0. The molecule has 0 rings (SSSR count). The Balaban J connectivity index is 3.24. The van der Waals surface area contributed by atoms with Gasteiger partial charge in [0.15, 0.2) is 0 Å². The van der Waals surface area contributed by atoms with Gasteiger partial charge in [-0.25, -0.2) is 0 Å². The van der Waals surface area contributed by atoms with Crippen LogP contribution in [0, 0.1) is 0 Å². The monoisotopic (exact) mass is 412 g/mol. The molecule has 0 aliphatic heterocycles. The molecule has 28 heavy (non-hydrogen) atoms. The van der Waals surface area contributed by atoms with E-state index in [4.69, 9.17) is 8.85 Å². The molecule has 0 atom stereocenters. The van der Waals surface area contributed by atoms with E-state index in [1.54, 1.807) is 0 Å². The third kappa shape index (κ3) is 22.2. The molecule has 0 heterocycles. The fourth-order valence-electron chi connectivity index (χ4n) is 3.42. The van der Waals surface area contributed by atoms with Gasteiger partial charge in [0.25, 0.3) is 0 Å². The first kappa shape index (κ1) is 27.9. The van der Waals surface area contributed by atoms with Gasteiger partial charge >= 0.3 is 8.56 Å². The molecule has 0 aromatic carbocycles. The SMILES string of the molecule is CCCCCCCCCCCCCCCCCCO[Si](C)(C)OCC=C(C)C. The Morgan fingerprint density at radius 2 is 1.00 bits per heavy atom. The molecular weight excluding hydrogens is 360 g/mol. The minimum Gasteiger partial charge on any atom is -0.395 e. The molecule has 0 radical (unpaired) electrons. The zero-order valence-electron chi connectivity index (χ0n) is 20.1. The van der Waals surface area contributed by atoms with Crippen LogP contribution in [0.1, 0.15) is 124 Å². The van der Waals surface area contributed by atoms with Crippen LogP contribution in [0.2, 0.25) is 13.1 Å². The fraction of sp³-hybridized carbons (Fsp3) is 0.920. The first-order valence-electron chi connectivity index (χ1n) is 12.4.